The summed E-state index contributed by atoms with van der Waals surface area (Å²) in [7, 11) is 5.66. The van der Waals surface area contributed by atoms with E-state index in [1.165, 1.54) is 16.2 Å². The first-order valence-electron chi connectivity index (χ1n) is 12.3. The molecule has 7 heteroatoms. The summed E-state index contributed by atoms with van der Waals surface area (Å²) in [6.07, 6.45) is 5.59. The van der Waals surface area contributed by atoms with Gasteiger partial charge in [0.15, 0.2) is 0 Å². The normalized spacial score (nSPS) is 18.3. The minimum atomic E-state index is -0.775. The van der Waals surface area contributed by atoms with Crippen LogP contribution in [0.1, 0.15) is 24.0 Å². The summed E-state index contributed by atoms with van der Waals surface area (Å²) in [4.78, 5) is 34.5. The molecule has 4 rings (SSSR count). The zero-order valence-electron chi connectivity index (χ0n) is 21.0. The van der Waals surface area contributed by atoms with Crippen molar-refractivity contribution in [2.45, 2.75) is 24.9 Å². The lowest BCUT2D eigenvalue weighted by Crippen LogP contribution is -2.56. The number of piperidine rings is 1. The van der Waals surface area contributed by atoms with Gasteiger partial charge in [-0.25, -0.2) is 4.79 Å². The van der Waals surface area contributed by atoms with Crippen LogP contribution in [0.5, 0.6) is 0 Å². The number of urea groups is 1. The van der Waals surface area contributed by atoms with Crippen LogP contribution in [0.15, 0.2) is 60.7 Å². The number of benzene rings is 2. The first-order chi connectivity index (χ1) is 16.9. The number of imide groups is 1. The lowest BCUT2D eigenvalue weighted by Gasteiger charge is -2.42. The number of nitrogens with zero attached hydrogens (tertiary/aromatic N) is 4. The molecule has 2 saturated heterocycles. The van der Waals surface area contributed by atoms with Gasteiger partial charge >= 0.3 is 6.03 Å². The van der Waals surface area contributed by atoms with Gasteiger partial charge in [0.25, 0.3) is 5.91 Å². The Labute approximate surface area is 208 Å². The minimum Gasteiger partial charge on any atom is -0.383 e. The Hall–Kier alpha value is -3.16. The second-order valence-electron chi connectivity index (χ2n) is 9.52. The van der Waals surface area contributed by atoms with E-state index in [-0.39, 0.29) is 11.9 Å². The van der Waals surface area contributed by atoms with E-state index in [9.17, 15) is 9.59 Å². The summed E-state index contributed by atoms with van der Waals surface area (Å²) in [6, 6.07) is 18.2. The summed E-state index contributed by atoms with van der Waals surface area (Å²) in [5.74, 6) is -0.0772. The van der Waals surface area contributed by atoms with E-state index in [2.05, 4.69) is 46.2 Å². The van der Waals surface area contributed by atoms with Crippen molar-refractivity contribution in [2.24, 2.45) is 0 Å². The van der Waals surface area contributed by atoms with Crippen LogP contribution in [0.4, 0.5) is 10.5 Å². The third-order valence-corrected chi connectivity index (χ3v) is 7.09. The molecule has 0 atom stereocenters. The molecule has 2 aliphatic heterocycles. The van der Waals surface area contributed by atoms with Crippen LogP contribution >= 0.6 is 0 Å². The molecule has 1 spiro atoms. The van der Waals surface area contributed by atoms with Gasteiger partial charge in [-0.3, -0.25) is 14.6 Å². The summed E-state index contributed by atoms with van der Waals surface area (Å²) < 4.78 is 5.16. The van der Waals surface area contributed by atoms with Crippen LogP contribution in [0.25, 0.3) is 6.08 Å². The van der Waals surface area contributed by atoms with Crippen molar-refractivity contribution >= 4 is 23.7 Å². The number of amides is 3. The van der Waals surface area contributed by atoms with Crippen LogP contribution < -0.4 is 4.90 Å². The highest BCUT2D eigenvalue weighted by atomic mass is 16.5. The molecule has 0 N–H and O–H groups in total. The number of rotatable bonds is 9. The van der Waals surface area contributed by atoms with Gasteiger partial charge in [0.2, 0.25) is 0 Å². The van der Waals surface area contributed by atoms with Crippen LogP contribution in [0, 0.1) is 0 Å². The number of carbonyl (C=O) groups excluding carboxylic acids is 2. The quantitative estimate of drug-likeness (QED) is 0.517. The van der Waals surface area contributed by atoms with E-state index in [0.717, 1.165) is 25.2 Å². The molecule has 0 unspecified atom stereocenters. The minimum absolute atomic E-state index is 0.0772. The first-order valence-corrected chi connectivity index (χ1v) is 12.3. The lowest BCUT2D eigenvalue weighted by molar-refractivity contribution is -0.136. The van der Waals surface area contributed by atoms with Crippen molar-refractivity contribution in [3.63, 3.8) is 0 Å². The summed E-state index contributed by atoms with van der Waals surface area (Å²) >= 11 is 0. The van der Waals surface area contributed by atoms with Crippen LogP contribution in [0.3, 0.4) is 0 Å². The molecular weight excluding hydrogens is 440 g/mol. The Morgan fingerprint density at radius 1 is 1.00 bits per heavy atom. The van der Waals surface area contributed by atoms with Gasteiger partial charge in [-0.05, 0) is 36.1 Å². The van der Waals surface area contributed by atoms with Crippen LogP contribution in [-0.2, 0) is 16.1 Å². The predicted molar refractivity (Wildman–Crippen MR) is 139 cm³/mol. The van der Waals surface area contributed by atoms with Crippen LogP contribution in [-0.4, -0.2) is 86.2 Å². The molecule has 7 nitrogen and oxygen atoms in total. The molecule has 0 radical (unpaired) electrons. The Balaban J connectivity index is 1.42. The Morgan fingerprint density at radius 2 is 1.69 bits per heavy atom. The number of carbonyl (C=O) groups is 2. The zero-order chi connectivity index (χ0) is 24.8. The molecule has 0 aliphatic carbocycles. The molecular formula is C28H36N4O3. The smallest absolute Gasteiger partial charge is 0.328 e. The average molecular weight is 477 g/mol. The van der Waals surface area contributed by atoms with Crippen molar-refractivity contribution in [3.8, 4) is 0 Å². The monoisotopic (exact) mass is 476 g/mol. The van der Waals surface area contributed by atoms with Crippen molar-refractivity contribution in [1.82, 2.24) is 14.7 Å². The molecule has 0 bridgehead atoms. The average Bonchev–Trinajstić information content (AvgIpc) is 3.06. The fourth-order valence-electron chi connectivity index (χ4n) is 4.96. The Bertz CT molecular complexity index is 1030. The lowest BCUT2D eigenvalue weighted by atomic mass is 9.85. The third kappa shape index (κ3) is 5.41. The highest BCUT2D eigenvalue weighted by Crippen LogP contribution is 2.38. The van der Waals surface area contributed by atoms with Gasteiger partial charge in [0.05, 0.1) is 13.2 Å². The third-order valence-electron chi connectivity index (χ3n) is 7.09. The molecule has 186 valence electrons. The van der Waals surface area contributed by atoms with Crippen molar-refractivity contribution in [3.05, 3.63) is 71.8 Å². The molecule has 2 aromatic carbocycles. The molecule has 3 amide bonds. The van der Waals surface area contributed by atoms with E-state index in [4.69, 9.17) is 4.74 Å². The number of anilines is 1. The first kappa shape index (κ1) is 24.9. The second-order valence-corrected chi connectivity index (χ2v) is 9.52. The Morgan fingerprint density at radius 3 is 2.31 bits per heavy atom. The maximum Gasteiger partial charge on any atom is 0.328 e. The van der Waals surface area contributed by atoms with Crippen LogP contribution in [0.2, 0.25) is 0 Å². The summed E-state index contributed by atoms with van der Waals surface area (Å²) in [5.41, 5.74) is 2.61. The number of hydrogen-bond acceptors (Lipinski definition) is 5. The predicted octanol–water partition coefficient (Wildman–Crippen LogP) is 3.71. The highest BCUT2D eigenvalue weighted by molar-refractivity contribution is 6.07. The molecule has 0 aromatic heterocycles. The molecule has 2 heterocycles. The molecule has 2 aromatic rings. The Kier molecular flexibility index (Phi) is 7.88. The molecule has 35 heavy (non-hydrogen) atoms. The standard InChI is InChI=1S/C28H36N4O3/c1-29(2)25-13-11-23(12-14-25)10-7-17-30-18-15-28(16-19-30)26(33)31(20-21-35-3)27(34)32(28)22-24-8-5-4-6-9-24/h4-14H,15-22H2,1-3H3/b10-7+. The van der Waals surface area contributed by atoms with Gasteiger partial charge in [-0.1, -0.05) is 54.6 Å². The molecule has 2 aliphatic rings. The van der Waals surface area contributed by atoms with E-state index in [0.29, 0.717) is 32.5 Å². The largest absolute Gasteiger partial charge is 0.383 e. The van der Waals surface area contributed by atoms with Gasteiger partial charge in [0, 0.05) is 53.1 Å². The summed E-state index contributed by atoms with van der Waals surface area (Å²) in [5, 5.41) is 0. The van der Waals surface area contributed by atoms with E-state index >= 15 is 0 Å². The van der Waals surface area contributed by atoms with Crippen molar-refractivity contribution < 1.29 is 14.3 Å². The fraction of sp³-hybridized carbons (Fsp3) is 0.429. The fourth-order valence-corrected chi connectivity index (χ4v) is 4.96. The van der Waals surface area contributed by atoms with Gasteiger partial charge < -0.3 is 14.5 Å². The number of hydrogen-bond donors (Lipinski definition) is 0. The number of likely N-dealkylation sites (tertiary alicyclic amines) is 1. The SMILES string of the molecule is COCCN1C(=O)N(Cc2ccccc2)C2(CCN(C/C=C/c3ccc(N(C)C)cc3)CC2)C1=O. The van der Waals surface area contributed by atoms with E-state index in [1.807, 2.05) is 44.4 Å². The van der Waals surface area contributed by atoms with Gasteiger partial charge in [0.1, 0.15) is 5.54 Å². The second kappa shape index (κ2) is 11.1. The van der Waals surface area contributed by atoms with Crippen molar-refractivity contribution in [2.75, 3.05) is 58.9 Å². The zero-order valence-corrected chi connectivity index (χ0v) is 21.0. The van der Waals surface area contributed by atoms with Gasteiger partial charge in [-0.15, -0.1) is 0 Å². The highest BCUT2D eigenvalue weighted by Gasteiger charge is 2.57. The topological polar surface area (TPSA) is 56.3 Å². The maximum absolute atomic E-state index is 13.6. The van der Waals surface area contributed by atoms with Gasteiger partial charge in [-0.2, -0.15) is 0 Å². The van der Waals surface area contributed by atoms with Crippen molar-refractivity contribution in [1.29, 1.82) is 0 Å². The maximum atomic E-state index is 13.6. The molecule has 2 fully saturated rings. The number of methoxy groups -OCH3 is 1. The van der Waals surface area contributed by atoms with E-state index < -0.39 is 5.54 Å². The molecule has 0 saturated carbocycles. The van der Waals surface area contributed by atoms with E-state index in [1.54, 1.807) is 12.0 Å². The number of ether oxygens (including phenoxy) is 1. The summed E-state index contributed by atoms with van der Waals surface area (Å²) in [6.45, 7) is 3.44.